The van der Waals surface area contributed by atoms with Crippen molar-refractivity contribution in [2.75, 3.05) is 5.73 Å². The number of benzene rings is 1. The molecule has 4 nitrogen and oxygen atoms in total. The molecule has 96 valence electrons. The van der Waals surface area contributed by atoms with Gasteiger partial charge in [-0.2, -0.15) is 0 Å². The van der Waals surface area contributed by atoms with Crippen LogP contribution < -0.4 is 10.5 Å². The molecule has 0 saturated carbocycles. The molecule has 0 atom stereocenters. The maximum Gasteiger partial charge on any atom is 0.241 e. The fraction of sp³-hybridized carbons (Fsp3) is 0.500. The summed E-state index contributed by atoms with van der Waals surface area (Å²) in [4.78, 5) is 0.250. The largest absolute Gasteiger partial charge is 0.399 e. The summed E-state index contributed by atoms with van der Waals surface area (Å²) in [7, 11) is -3.46. The van der Waals surface area contributed by atoms with Gasteiger partial charge >= 0.3 is 0 Å². The lowest BCUT2D eigenvalue weighted by Gasteiger charge is -2.27. The van der Waals surface area contributed by atoms with Crippen molar-refractivity contribution < 1.29 is 8.42 Å². The highest BCUT2D eigenvalue weighted by Crippen LogP contribution is 2.19. The number of nitrogens with two attached hydrogens (primary N) is 1. The molecule has 1 aromatic carbocycles. The topological polar surface area (TPSA) is 72.2 Å². The number of nitrogens with one attached hydrogen (secondary N) is 1. The van der Waals surface area contributed by atoms with Gasteiger partial charge in [0.15, 0.2) is 0 Å². The molecule has 0 aliphatic heterocycles. The lowest BCUT2D eigenvalue weighted by atomic mass is 9.98. The van der Waals surface area contributed by atoms with Crippen LogP contribution in [0.15, 0.2) is 29.2 Å². The Morgan fingerprint density at radius 3 is 2.06 bits per heavy atom. The highest BCUT2D eigenvalue weighted by atomic mass is 32.2. The predicted octanol–water partition coefficient (Wildman–Crippen LogP) is 2.13. The molecule has 0 aromatic heterocycles. The summed E-state index contributed by atoms with van der Waals surface area (Å²) in [5, 5.41) is 0. The van der Waals surface area contributed by atoms with Gasteiger partial charge in [-0.25, -0.2) is 13.1 Å². The average Bonchev–Trinajstić information content (AvgIpc) is 2.29. The molecule has 0 bridgehead atoms. The molecule has 1 rings (SSSR count). The first kappa shape index (κ1) is 14.0. The van der Waals surface area contributed by atoms with Crippen LogP contribution in [0.5, 0.6) is 0 Å². The molecular weight excluding hydrogens is 236 g/mol. The van der Waals surface area contributed by atoms with Gasteiger partial charge < -0.3 is 5.73 Å². The third kappa shape index (κ3) is 3.44. The van der Waals surface area contributed by atoms with Crippen molar-refractivity contribution in [2.45, 2.75) is 44.0 Å². The van der Waals surface area contributed by atoms with Gasteiger partial charge in [0.1, 0.15) is 0 Å². The van der Waals surface area contributed by atoms with E-state index in [9.17, 15) is 8.42 Å². The minimum Gasteiger partial charge on any atom is -0.399 e. The molecule has 5 heteroatoms. The van der Waals surface area contributed by atoms with Gasteiger partial charge in [0.25, 0.3) is 0 Å². The first-order valence-electron chi connectivity index (χ1n) is 5.72. The van der Waals surface area contributed by atoms with E-state index in [1.807, 2.05) is 20.8 Å². The molecule has 0 spiro atoms. The fourth-order valence-corrected chi connectivity index (χ4v) is 2.97. The first-order chi connectivity index (χ1) is 7.83. The molecule has 0 fully saturated rings. The summed E-state index contributed by atoms with van der Waals surface area (Å²) in [6.07, 6.45) is 1.50. The molecule has 0 aliphatic carbocycles. The molecule has 0 unspecified atom stereocenters. The summed E-state index contributed by atoms with van der Waals surface area (Å²) < 4.78 is 27.0. The molecular formula is C12H20N2O2S. The Labute approximate surface area is 103 Å². The molecule has 0 heterocycles. The molecule has 17 heavy (non-hydrogen) atoms. The average molecular weight is 256 g/mol. The lowest BCUT2D eigenvalue weighted by molar-refractivity contribution is 0.388. The van der Waals surface area contributed by atoms with Crippen molar-refractivity contribution in [3.63, 3.8) is 0 Å². The Morgan fingerprint density at radius 2 is 1.65 bits per heavy atom. The molecule has 1 aromatic rings. The van der Waals surface area contributed by atoms with Gasteiger partial charge in [-0.1, -0.05) is 13.8 Å². The number of nitrogen functional groups attached to an aromatic ring is 1. The van der Waals surface area contributed by atoms with Crippen molar-refractivity contribution in [2.24, 2.45) is 0 Å². The standard InChI is InChI=1S/C12H20N2O2S/c1-4-12(3,5-2)14-17(15,16)11-8-6-10(13)7-9-11/h6-9,14H,4-5,13H2,1-3H3. The van der Waals surface area contributed by atoms with E-state index in [0.717, 1.165) is 12.8 Å². The fourth-order valence-electron chi connectivity index (χ4n) is 1.42. The van der Waals surface area contributed by atoms with Crippen LogP contribution in [0.1, 0.15) is 33.6 Å². The smallest absolute Gasteiger partial charge is 0.241 e. The summed E-state index contributed by atoms with van der Waals surface area (Å²) >= 11 is 0. The Morgan fingerprint density at radius 1 is 1.18 bits per heavy atom. The Bertz CT molecular complexity index is 462. The highest BCUT2D eigenvalue weighted by Gasteiger charge is 2.27. The second kappa shape index (κ2) is 5.06. The lowest BCUT2D eigenvalue weighted by Crippen LogP contribution is -2.44. The molecule has 0 amide bonds. The van der Waals surface area contributed by atoms with Gasteiger partial charge in [-0.15, -0.1) is 0 Å². The van der Waals surface area contributed by atoms with Crippen molar-refractivity contribution in [1.29, 1.82) is 0 Å². The molecule has 3 N–H and O–H groups in total. The van der Waals surface area contributed by atoms with E-state index in [0.29, 0.717) is 5.69 Å². The SMILES string of the molecule is CCC(C)(CC)NS(=O)(=O)c1ccc(N)cc1. The third-order valence-corrected chi connectivity index (χ3v) is 4.79. The second-order valence-corrected chi connectivity index (χ2v) is 6.12. The number of hydrogen-bond acceptors (Lipinski definition) is 3. The zero-order valence-electron chi connectivity index (χ0n) is 10.5. The zero-order chi connectivity index (χ0) is 13.1. The van der Waals surface area contributed by atoms with E-state index in [4.69, 9.17) is 5.73 Å². The molecule has 0 radical (unpaired) electrons. The van der Waals surface area contributed by atoms with Crippen molar-refractivity contribution in [3.8, 4) is 0 Å². The number of hydrogen-bond donors (Lipinski definition) is 2. The normalized spacial score (nSPS) is 12.6. The monoisotopic (exact) mass is 256 g/mol. The van der Waals surface area contributed by atoms with E-state index < -0.39 is 15.6 Å². The van der Waals surface area contributed by atoms with Gasteiger partial charge in [0.05, 0.1) is 4.90 Å². The van der Waals surface area contributed by atoms with Gasteiger partial charge in [-0.3, -0.25) is 0 Å². The van der Waals surface area contributed by atoms with Crippen molar-refractivity contribution in [1.82, 2.24) is 4.72 Å². The molecule has 0 saturated heterocycles. The zero-order valence-corrected chi connectivity index (χ0v) is 11.3. The quantitative estimate of drug-likeness (QED) is 0.793. The van der Waals surface area contributed by atoms with Crippen LogP contribution in [0.3, 0.4) is 0 Å². The van der Waals surface area contributed by atoms with Gasteiger partial charge in [0.2, 0.25) is 10.0 Å². The van der Waals surface area contributed by atoms with Gasteiger partial charge in [0, 0.05) is 11.2 Å². The number of anilines is 1. The maximum absolute atomic E-state index is 12.1. The summed E-state index contributed by atoms with van der Waals surface area (Å²) in [6.45, 7) is 5.84. The van der Waals surface area contributed by atoms with Crippen LogP contribution in [0, 0.1) is 0 Å². The number of sulfonamides is 1. The van der Waals surface area contributed by atoms with E-state index >= 15 is 0 Å². The maximum atomic E-state index is 12.1. The van der Waals surface area contributed by atoms with Crippen LogP contribution in [0.4, 0.5) is 5.69 Å². The van der Waals surface area contributed by atoms with E-state index in [-0.39, 0.29) is 4.90 Å². The van der Waals surface area contributed by atoms with Crippen molar-refractivity contribution >= 4 is 15.7 Å². The first-order valence-corrected chi connectivity index (χ1v) is 7.21. The van der Waals surface area contributed by atoms with Gasteiger partial charge in [-0.05, 0) is 44.0 Å². The van der Waals surface area contributed by atoms with Crippen molar-refractivity contribution in [3.05, 3.63) is 24.3 Å². The second-order valence-electron chi connectivity index (χ2n) is 4.44. The summed E-state index contributed by atoms with van der Waals surface area (Å²) in [5.74, 6) is 0. The van der Waals surface area contributed by atoms with Crippen LogP contribution >= 0.6 is 0 Å². The Hall–Kier alpha value is -1.07. The van der Waals surface area contributed by atoms with E-state index in [1.165, 1.54) is 12.1 Å². The highest BCUT2D eigenvalue weighted by molar-refractivity contribution is 7.89. The van der Waals surface area contributed by atoms with E-state index in [1.54, 1.807) is 12.1 Å². The minimum atomic E-state index is -3.46. The summed E-state index contributed by atoms with van der Waals surface area (Å²) in [6, 6.07) is 6.21. The summed E-state index contributed by atoms with van der Waals surface area (Å²) in [5.41, 5.74) is 5.69. The van der Waals surface area contributed by atoms with Crippen LogP contribution in [-0.2, 0) is 10.0 Å². The Kier molecular flexibility index (Phi) is 4.16. The minimum absolute atomic E-state index is 0.250. The van der Waals surface area contributed by atoms with E-state index in [2.05, 4.69) is 4.72 Å². The van der Waals surface area contributed by atoms with Crippen LogP contribution in [0.2, 0.25) is 0 Å². The molecule has 0 aliphatic rings. The number of rotatable bonds is 5. The van der Waals surface area contributed by atoms with Crippen LogP contribution in [-0.4, -0.2) is 14.0 Å². The Balaban J connectivity index is 3.00. The van der Waals surface area contributed by atoms with Crippen LogP contribution in [0.25, 0.3) is 0 Å². The third-order valence-electron chi connectivity index (χ3n) is 3.13. The predicted molar refractivity (Wildman–Crippen MR) is 70.2 cm³/mol.